The van der Waals surface area contributed by atoms with Crippen molar-refractivity contribution in [2.45, 2.75) is 32.6 Å². The molecule has 0 N–H and O–H groups in total. The molecule has 0 aromatic heterocycles. The molecule has 0 bridgehead atoms. The Hall–Kier alpha value is -0.180. The molecule has 0 aliphatic carbocycles. The normalized spacial score (nSPS) is 9.40. The minimum absolute atomic E-state index is 0.0963. The molecule has 0 aromatic carbocycles. The highest BCUT2D eigenvalue weighted by Gasteiger charge is 1.99. The lowest BCUT2D eigenvalue weighted by molar-refractivity contribution is -0.133. The lowest BCUT2D eigenvalue weighted by atomic mass is 10.2. The molecule has 0 spiro atoms. The first-order valence-electron chi connectivity index (χ1n) is 3.54. The predicted molar refractivity (Wildman–Crippen MR) is 43.7 cm³/mol. The molecule has 0 aliphatic rings. The zero-order valence-electron chi connectivity index (χ0n) is 6.55. The summed E-state index contributed by atoms with van der Waals surface area (Å²) < 4.78 is 4.67. The minimum Gasteiger partial charge on any atom is -0.392 e. The van der Waals surface area contributed by atoms with Crippen molar-refractivity contribution in [3.05, 3.63) is 0 Å². The van der Waals surface area contributed by atoms with Crippen LogP contribution in [-0.2, 0) is 8.98 Å². The van der Waals surface area contributed by atoms with Crippen molar-refractivity contribution >= 4 is 18.0 Å². The van der Waals surface area contributed by atoms with E-state index in [1.807, 2.05) is 0 Å². The SMILES string of the molecule is CCCCCC(=O)OSC. The Bertz CT molecular complexity index is 93.6. The molecule has 0 fully saturated rings. The third-order valence-electron chi connectivity index (χ3n) is 1.16. The molecular formula is C7H14O2S. The summed E-state index contributed by atoms with van der Waals surface area (Å²) in [5, 5.41) is 0. The van der Waals surface area contributed by atoms with Crippen molar-refractivity contribution < 1.29 is 8.98 Å². The van der Waals surface area contributed by atoms with E-state index in [1.165, 1.54) is 0 Å². The molecule has 0 saturated heterocycles. The molecular weight excluding hydrogens is 148 g/mol. The quantitative estimate of drug-likeness (QED) is 0.458. The largest absolute Gasteiger partial charge is 0.392 e. The molecule has 0 atom stereocenters. The van der Waals surface area contributed by atoms with E-state index in [-0.39, 0.29) is 5.97 Å². The second-order valence-corrected chi connectivity index (χ2v) is 2.58. The number of unbranched alkanes of at least 4 members (excludes halogenated alkanes) is 2. The Kier molecular flexibility index (Phi) is 6.81. The van der Waals surface area contributed by atoms with Gasteiger partial charge >= 0.3 is 5.97 Å². The molecule has 0 unspecified atom stereocenters. The smallest absolute Gasteiger partial charge is 0.317 e. The lowest BCUT2D eigenvalue weighted by Crippen LogP contribution is -1.97. The molecule has 10 heavy (non-hydrogen) atoms. The van der Waals surface area contributed by atoms with Crippen LogP contribution in [0.25, 0.3) is 0 Å². The van der Waals surface area contributed by atoms with Gasteiger partial charge in [0, 0.05) is 12.7 Å². The summed E-state index contributed by atoms with van der Waals surface area (Å²) in [6, 6.07) is 0. The second-order valence-electron chi connectivity index (χ2n) is 2.08. The van der Waals surface area contributed by atoms with Crippen LogP contribution in [-0.4, -0.2) is 12.2 Å². The van der Waals surface area contributed by atoms with Gasteiger partial charge in [-0.05, 0) is 6.42 Å². The van der Waals surface area contributed by atoms with Crippen molar-refractivity contribution in [3.63, 3.8) is 0 Å². The Balaban J connectivity index is 3.05. The van der Waals surface area contributed by atoms with Crippen LogP contribution >= 0.6 is 12.0 Å². The van der Waals surface area contributed by atoms with Gasteiger partial charge in [0.05, 0.1) is 12.0 Å². The van der Waals surface area contributed by atoms with Crippen LogP contribution in [0.4, 0.5) is 0 Å². The van der Waals surface area contributed by atoms with Crippen LogP contribution in [0, 0.1) is 0 Å². The van der Waals surface area contributed by atoms with Gasteiger partial charge in [-0.2, -0.15) is 0 Å². The summed E-state index contributed by atoms with van der Waals surface area (Å²) in [6.45, 7) is 2.11. The summed E-state index contributed by atoms with van der Waals surface area (Å²) in [5.41, 5.74) is 0. The Morgan fingerprint density at radius 1 is 1.50 bits per heavy atom. The van der Waals surface area contributed by atoms with E-state index in [0.29, 0.717) is 6.42 Å². The first kappa shape index (κ1) is 9.82. The van der Waals surface area contributed by atoms with Crippen molar-refractivity contribution in [3.8, 4) is 0 Å². The number of hydrogen-bond acceptors (Lipinski definition) is 3. The van der Waals surface area contributed by atoms with E-state index in [9.17, 15) is 4.79 Å². The molecule has 2 nitrogen and oxygen atoms in total. The number of rotatable bonds is 5. The second kappa shape index (κ2) is 6.93. The maximum atomic E-state index is 10.7. The lowest BCUT2D eigenvalue weighted by Gasteiger charge is -1.97. The summed E-state index contributed by atoms with van der Waals surface area (Å²) in [7, 11) is 0. The fourth-order valence-electron chi connectivity index (χ4n) is 0.654. The molecule has 0 heterocycles. The predicted octanol–water partition coefficient (Wildman–Crippen LogP) is 2.39. The topological polar surface area (TPSA) is 26.3 Å². The van der Waals surface area contributed by atoms with Gasteiger partial charge in [0.1, 0.15) is 0 Å². The van der Waals surface area contributed by atoms with Gasteiger partial charge < -0.3 is 4.18 Å². The van der Waals surface area contributed by atoms with Crippen molar-refractivity contribution in [1.82, 2.24) is 0 Å². The number of carbonyl (C=O) groups is 1. The Morgan fingerprint density at radius 2 is 2.20 bits per heavy atom. The zero-order chi connectivity index (χ0) is 7.82. The molecule has 60 valence electrons. The van der Waals surface area contributed by atoms with E-state index in [2.05, 4.69) is 11.1 Å². The van der Waals surface area contributed by atoms with Crippen LogP contribution in [0.15, 0.2) is 0 Å². The van der Waals surface area contributed by atoms with Gasteiger partial charge in [-0.1, -0.05) is 19.8 Å². The average molecular weight is 162 g/mol. The Labute approximate surface area is 66.5 Å². The van der Waals surface area contributed by atoms with Crippen molar-refractivity contribution in [2.75, 3.05) is 6.26 Å². The van der Waals surface area contributed by atoms with Gasteiger partial charge in [0.15, 0.2) is 0 Å². The maximum absolute atomic E-state index is 10.7. The van der Waals surface area contributed by atoms with Crippen molar-refractivity contribution in [1.29, 1.82) is 0 Å². The molecule has 0 saturated carbocycles. The first-order chi connectivity index (χ1) is 4.81. The number of carbonyl (C=O) groups excluding carboxylic acids is 1. The van der Waals surface area contributed by atoms with Gasteiger partial charge in [0.2, 0.25) is 0 Å². The van der Waals surface area contributed by atoms with Crippen LogP contribution in [0.5, 0.6) is 0 Å². The monoisotopic (exact) mass is 162 g/mol. The highest BCUT2D eigenvalue weighted by molar-refractivity contribution is 7.94. The molecule has 0 aliphatic heterocycles. The number of hydrogen-bond donors (Lipinski definition) is 0. The Morgan fingerprint density at radius 3 is 2.70 bits per heavy atom. The molecule has 0 radical (unpaired) electrons. The molecule has 0 amide bonds. The third kappa shape index (κ3) is 5.95. The van der Waals surface area contributed by atoms with Crippen LogP contribution in [0.3, 0.4) is 0 Å². The summed E-state index contributed by atoms with van der Waals surface area (Å²) in [4.78, 5) is 10.7. The highest BCUT2D eigenvalue weighted by Crippen LogP contribution is 2.04. The first-order valence-corrected chi connectivity index (χ1v) is 4.69. The van der Waals surface area contributed by atoms with E-state index in [1.54, 1.807) is 6.26 Å². The van der Waals surface area contributed by atoms with Gasteiger partial charge in [-0.3, -0.25) is 4.79 Å². The summed E-state index contributed by atoms with van der Waals surface area (Å²) >= 11 is 1.12. The minimum atomic E-state index is -0.0963. The molecule has 3 heteroatoms. The summed E-state index contributed by atoms with van der Waals surface area (Å²) in [5.74, 6) is -0.0963. The van der Waals surface area contributed by atoms with E-state index < -0.39 is 0 Å². The highest BCUT2D eigenvalue weighted by atomic mass is 32.2. The van der Waals surface area contributed by atoms with E-state index in [4.69, 9.17) is 0 Å². The van der Waals surface area contributed by atoms with Crippen LogP contribution < -0.4 is 0 Å². The zero-order valence-corrected chi connectivity index (χ0v) is 7.37. The molecule has 0 aromatic rings. The van der Waals surface area contributed by atoms with Crippen LogP contribution in [0.1, 0.15) is 32.6 Å². The fraction of sp³-hybridized carbons (Fsp3) is 0.857. The molecule has 0 rings (SSSR count). The van der Waals surface area contributed by atoms with Crippen LogP contribution in [0.2, 0.25) is 0 Å². The maximum Gasteiger partial charge on any atom is 0.317 e. The average Bonchev–Trinajstić information content (AvgIpc) is 1.89. The van der Waals surface area contributed by atoms with Gasteiger partial charge in [0.25, 0.3) is 0 Å². The third-order valence-corrected chi connectivity index (χ3v) is 1.51. The van der Waals surface area contributed by atoms with Gasteiger partial charge in [-0.25, -0.2) is 0 Å². The van der Waals surface area contributed by atoms with Crippen molar-refractivity contribution in [2.24, 2.45) is 0 Å². The standard InChI is InChI=1S/C7H14O2S/c1-3-4-5-6-7(8)9-10-2/h3-6H2,1-2H3. The fourth-order valence-corrected chi connectivity index (χ4v) is 0.923. The van der Waals surface area contributed by atoms with Gasteiger partial charge in [-0.15, -0.1) is 0 Å². The van der Waals surface area contributed by atoms with E-state index >= 15 is 0 Å². The van der Waals surface area contributed by atoms with E-state index in [0.717, 1.165) is 31.3 Å². The summed E-state index contributed by atoms with van der Waals surface area (Å²) in [6.07, 6.45) is 5.53.